The highest BCUT2D eigenvalue weighted by molar-refractivity contribution is 7.87. The van der Waals surface area contributed by atoms with Crippen LogP contribution < -0.4 is 4.18 Å². The number of halogens is 4. The minimum atomic E-state index is -4.50. The van der Waals surface area contributed by atoms with Crippen LogP contribution in [0.2, 0.25) is 5.02 Å². The van der Waals surface area contributed by atoms with E-state index < -0.39 is 21.9 Å². The average molecular weight is 470 g/mol. The summed E-state index contributed by atoms with van der Waals surface area (Å²) >= 11 is 7.18. The molecule has 1 heterocycles. The summed E-state index contributed by atoms with van der Waals surface area (Å²) in [6.45, 7) is 0. The first-order chi connectivity index (χ1) is 14.1. The molecule has 0 aliphatic carbocycles. The highest BCUT2D eigenvalue weighted by Crippen LogP contribution is 2.38. The Hall–Kier alpha value is -2.62. The highest BCUT2D eigenvalue weighted by Gasteiger charge is 2.31. The van der Waals surface area contributed by atoms with Gasteiger partial charge in [0.15, 0.2) is 0 Å². The molecule has 0 saturated heterocycles. The summed E-state index contributed by atoms with van der Waals surface area (Å²) in [5.74, 6) is 0. The van der Waals surface area contributed by atoms with E-state index in [-0.39, 0.29) is 15.1 Å². The lowest BCUT2D eigenvalue weighted by atomic mass is 9.97. The lowest BCUT2D eigenvalue weighted by Crippen LogP contribution is -2.09. The number of benzene rings is 3. The molecule has 0 N–H and O–H groups in total. The summed E-state index contributed by atoms with van der Waals surface area (Å²) in [5.41, 5.74) is 0.144. The molecule has 1 aromatic heterocycles. The van der Waals surface area contributed by atoms with Crippen LogP contribution in [0.15, 0.2) is 71.1 Å². The van der Waals surface area contributed by atoms with Crippen molar-refractivity contribution in [3.63, 3.8) is 0 Å². The van der Waals surface area contributed by atoms with Crippen LogP contribution in [0.25, 0.3) is 21.9 Å². The summed E-state index contributed by atoms with van der Waals surface area (Å²) in [5, 5.41) is 2.73. The maximum absolute atomic E-state index is 12.9. The van der Waals surface area contributed by atoms with Gasteiger partial charge in [-0.15, -0.1) is 0 Å². The molecular formula is C20H11ClF3NO3S2. The van der Waals surface area contributed by atoms with Crippen LogP contribution in [0.4, 0.5) is 13.2 Å². The third-order valence-corrected chi connectivity index (χ3v) is 6.59. The van der Waals surface area contributed by atoms with Gasteiger partial charge in [0, 0.05) is 22.2 Å². The largest absolute Gasteiger partial charge is 0.416 e. The fraction of sp³-hybridized carbons (Fsp3) is 0.0500. The second-order valence-electron chi connectivity index (χ2n) is 6.22. The first-order valence-electron chi connectivity index (χ1n) is 8.39. The number of nitrogens with zero attached hydrogens (tertiary/aromatic N) is 1. The molecule has 4 rings (SSSR count). The van der Waals surface area contributed by atoms with Crippen molar-refractivity contribution >= 4 is 43.8 Å². The van der Waals surface area contributed by atoms with Gasteiger partial charge in [-0.2, -0.15) is 21.6 Å². The molecule has 0 saturated carbocycles. The molecule has 4 aromatic rings. The Labute approximate surface area is 178 Å². The standard InChI is InChI=1S/C20H11ClF3NO3S2/c21-18-11-13(20(22,23)24)4-6-17(18)16-3-1-2-12-10-14(5-7-15(12)16)30(26,27)28-19-25-8-9-29-19/h1-11H. The van der Waals surface area contributed by atoms with Gasteiger partial charge >= 0.3 is 16.3 Å². The van der Waals surface area contributed by atoms with Gasteiger partial charge in [-0.05, 0) is 40.6 Å². The molecule has 0 bridgehead atoms. The smallest absolute Gasteiger partial charge is 0.348 e. The topological polar surface area (TPSA) is 56.3 Å². The first-order valence-corrected chi connectivity index (χ1v) is 11.1. The fourth-order valence-electron chi connectivity index (χ4n) is 2.96. The Morgan fingerprint density at radius 2 is 1.80 bits per heavy atom. The van der Waals surface area contributed by atoms with Crippen molar-refractivity contribution in [1.29, 1.82) is 0 Å². The van der Waals surface area contributed by atoms with Gasteiger partial charge < -0.3 is 4.18 Å². The number of hydrogen-bond donors (Lipinski definition) is 0. The predicted octanol–water partition coefficient (Wildman–Crippen LogP) is 6.40. The number of alkyl halides is 3. The Morgan fingerprint density at radius 3 is 2.47 bits per heavy atom. The zero-order valence-corrected chi connectivity index (χ0v) is 17.2. The minimum Gasteiger partial charge on any atom is -0.348 e. The summed E-state index contributed by atoms with van der Waals surface area (Å²) < 4.78 is 68.8. The summed E-state index contributed by atoms with van der Waals surface area (Å²) in [6.07, 6.45) is -3.07. The fourth-order valence-corrected chi connectivity index (χ4v) is 4.86. The van der Waals surface area contributed by atoms with E-state index in [0.717, 1.165) is 23.5 Å². The van der Waals surface area contributed by atoms with Crippen LogP contribution in [0.3, 0.4) is 0 Å². The molecule has 0 atom stereocenters. The average Bonchev–Trinajstić information content (AvgIpc) is 3.18. The zero-order valence-electron chi connectivity index (χ0n) is 14.9. The molecule has 3 aromatic carbocycles. The van der Waals surface area contributed by atoms with E-state index >= 15 is 0 Å². The second kappa shape index (κ2) is 7.57. The van der Waals surface area contributed by atoms with Crippen molar-refractivity contribution in [3.8, 4) is 16.3 Å². The molecule has 30 heavy (non-hydrogen) atoms. The van der Waals surface area contributed by atoms with Gasteiger partial charge in [-0.25, -0.2) is 4.98 Å². The monoisotopic (exact) mass is 469 g/mol. The van der Waals surface area contributed by atoms with E-state index in [0.29, 0.717) is 21.9 Å². The van der Waals surface area contributed by atoms with Crippen molar-refractivity contribution < 1.29 is 25.8 Å². The van der Waals surface area contributed by atoms with Gasteiger partial charge in [-0.1, -0.05) is 53.3 Å². The molecule has 4 nitrogen and oxygen atoms in total. The quantitative estimate of drug-likeness (QED) is 0.324. The molecule has 0 unspecified atom stereocenters. The van der Waals surface area contributed by atoms with Crippen LogP contribution in [0.5, 0.6) is 5.19 Å². The summed E-state index contributed by atoms with van der Waals surface area (Å²) in [7, 11) is -4.09. The van der Waals surface area contributed by atoms with Gasteiger partial charge in [0.05, 0.1) is 5.56 Å². The lowest BCUT2D eigenvalue weighted by Gasteiger charge is -2.13. The summed E-state index contributed by atoms with van der Waals surface area (Å²) in [6, 6.07) is 12.6. The van der Waals surface area contributed by atoms with E-state index in [9.17, 15) is 21.6 Å². The molecule has 0 aliphatic heterocycles. The Morgan fingerprint density at radius 1 is 1.00 bits per heavy atom. The molecule has 0 aliphatic rings. The first kappa shape index (κ1) is 20.6. The van der Waals surface area contributed by atoms with Gasteiger partial charge in [0.25, 0.3) is 5.19 Å². The molecule has 154 valence electrons. The van der Waals surface area contributed by atoms with Gasteiger partial charge in [0.1, 0.15) is 4.90 Å². The van der Waals surface area contributed by atoms with Crippen LogP contribution in [-0.4, -0.2) is 13.4 Å². The molecule has 0 amide bonds. The van der Waals surface area contributed by atoms with Crippen molar-refractivity contribution in [2.24, 2.45) is 0 Å². The highest BCUT2D eigenvalue weighted by atomic mass is 35.5. The molecule has 0 fully saturated rings. The molecule has 0 radical (unpaired) electrons. The van der Waals surface area contributed by atoms with Crippen molar-refractivity contribution in [2.75, 3.05) is 0 Å². The number of aromatic nitrogens is 1. The van der Waals surface area contributed by atoms with Crippen LogP contribution >= 0.6 is 22.9 Å². The van der Waals surface area contributed by atoms with E-state index in [1.807, 2.05) is 0 Å². The maximum Gasteiger partial charge on any atom is 0.416 e. The molecule has 0 spiro atoms. The number of fused-ring (bicyclic) bond motifs is 1. The van der Waals surface area contributed by atoms with E-state index in [4.69, 9.17) is 15.8 Å². The lowest BCUT2D eigenvalue weighted by molar-refractivity contribution is -0.137. The van der Waals surface area contributed by atoms with Crippen LogP contribution in [-0.2, 0) is 16.3 Å². The van der Waals surface area contributed by atoms with Gasteiger partial charge in [-0.3, -0.25) is 0 Å². The SMILES string of the molecule is O=S(=O)(Oc1nccs1)c1ccc2c(-c3ccc(C(F)(F)F)cc3Cl)cccc2c1. The van der Waals surface area contributed by atoms with E-state index in [1.54, 1.807) is 29.6 Å². The Balaban J connectivity index is 1.77. The van der Waals surface area contributed by atoms with E-state index in [1.165, 1.54) is 24.4 Å². The predicted molar refractivity (Wildman–Crippen MR) is 109 cm³/mol. The molecule has 10 heteroatoms. The number of hydrogen-bond acceptors (Lipinski definition) is 5. The third-order valence-electron chi connectivity index (χ3n) is 4.32. The minimum absolute atomic E-state index is 0.000355. The van der Waals surface area contributed by atoms with Crippen LogP contribution in [0.1, 0.15) is 5.56 Å². The van der Waals surface area contributed by atoms with E-state index in [2.05, 4.69) is 4.98 Å². The Kier molecular flexibility index (Phi) is 5.21. The van der Waals surface area contributed by atoms with Crippen molar-refractivity contribution in [3.05, 3.63) is 76.8 Å². The number of thiazole rings is 1. The summed E-state index contributed by atoms with van der Waals surface area (Å²) in [4.78, 5) is 3.73. The maximum atomic E-state index is 12.9. The third kappa shape index (κ3) is 4.00. The van der Waals surface area contributed by atoms with Crippen molar-refractivity contribution in [2.45, 2.75) is 11.1 Å². The van der Waals surface area contributed by atoms with Crippen molar-refractivity contribution in [1.82, 2.24) is 4.98 Å². The Bertz CT molecular complexity index is 1340. The van der Waals surface area contributed by atoms with Crippen LogP contribution in [0, 0.1) is 0 Å². The normalized spacial score (nSPS) is 12.3. The number of rotatable bonds is 4. The molecular weight excluding hydrogens is 459 g/mol. The van der Waals surface area contributed by atoms with Gasteiger partial charge in [0.2, 0.25) is 0 Å². The zero-order chi connectivity index (χ0) is 21.5. The second-order valence-corrected chi connectivity index (χ2v) is 9.03.